The van der Waals surface area contributed by atoms with Crippen LogP contribution in [0.1, 0.15) is 26.3 Å². The number of hydrogen-bond donors (Lipinski definition) is 0. The van der Waals surface area contributed by atoms with Crippen LogP contribution in [-0.4, -0.2) is 58.5 Å². The predicted molar refractivity (Wildman–Crippen MR) is 91.1 cm³/mol. The lowest BCUT2D eigenvalue weighted by atomic mass is 10.1. The summed E-state index contributed by atoms with van der Waals surface area (Å²) in [7, 11) is 0. The second-order valence-electron chi connectivity index (χ2n) is 7.06. The van der Waals surface area contributed by atoms with Gasteiger partial charge in [-0.3, -0.25) is 14.9 Å². The molecule has 0 aromatic heterocycles. The minimum absolute atomic E-state index is 0.107. The van der Waals surface area contributed by atoms with Crippen molar-refractivity contribution in [2.24, 2.45) is 0 Å². The third-order valence-corrected chi connectivity index (χ3v) is 3.87. The molecule has 0 aliphatic carbocycles. The van der Waals surface area contributed by atoms with Crippen LogP contribution in [0.15, 0.2) is 18.2 Å². The lowest BCUT2D eigenvalue weighted by molar-refractivity contribution is -0.385. The second kappa shape index (κ2) is 7.67. The van der Waals surface area contributed by atoms with Crippen LogP contribution >= 0.6 is 0 Å². The van der Waals surface area contributed by atoms with Crippen molar-refractivity contribution in [1.29, 1.82) is 0 Å². The average Bonchev–Trinajstić information content (AvgIpc) is 2.55. The second-order valence-corrected chi connectivity index (χ2v) is 7.06. The van der Waals surface area contributed by atoms with Crippen molar-refractivity contribution in [3.63, 3.8) is 0 Å². The summed E-state index contributed by atoms with van der Waals surface area (Å²) in [5.41, 5.74) is -0.836. The molecular weight excluding hydrogens is 345 g/mol. The van der Waals surface area contributed by atoms with Gasteiger partial charge in [0.15, 0.2) is 0 Å². The Kier molecular flexibility index (Phi) is 5.79. The molecule has 1 heterocycles. The Hall–Kier alpha value is -2.71. The highest BCUT2D eigenvalue weighted by Crippen LogP contribution is 2.18. The highest BCUT2D eigenvalue weighted by molar-refractivity contribution is 5.79. The van der Waals surface area contributed by atoms with Gasteiger partial charge in [-0.1, -0.05) is 0 Å². The molecule has 2 rings (SSSR count). The number of carbonyl (C=O) groups is 2. The average molecular weight is 367 g/mol. The molecule has 1 aromatic rings. The van der Waals surface area contributed by atoms with Crippen LogP contribution in [0, 0.1) is 15.9 Å². The van der Waals surface area contributed by atoms with E-state index in [2.05, 4.69) is 0 Å². The van der Waals surface area contributed by atoms with E-state index in [-0.39, 0.29) is 23.6 Å². The van der Waals surface area contributed by atoms with Gasteiger partial charge in [0.05, 0.1) is 17.4 Å². The number of hydrogen-bond acceptors (Lipinski definition) is 5. The van der Waals surface area contributed by atoms with Gasteiger partial charge in [0.2, 0.25) is 5.91 Å². The summed E-state index contributed by atoms with van der Waals surface area (Å²) in [5.74, 6) is -1.07. The molecule has 142 valence electrons. The number of nitro benzene ring substituents is 1. The molecule has 1 fully saturated rings. The summed E-state index contributed by atoms with van der Waals surface area (Å²) < 4.78 is 19.2. The number of piperazine rings is 1. The molecule has 0 atom stereocenters. The summed E-state index contributed by atoms with van der Waals surface area (Å²) >= 11 is 0. The number of amides is 2. The molecule has 0 unspecified atom stereocenters. The molecule has 1 saturated heterocycles. The van der Waals surface area contributed by atoms with Gasteiger partial charge in [0, 0.05) is 32.2 Å². The standard InChI is InChI=1S/C17H22FN3O5/c1-17(2,3)26-16(23)20-8-6-19(7-9-20)15(22)10-12-4-5-13(21(24)25)11-14(12)18/h4-5,11H,6-10H2,1-3H3. The summed E-state index contributed by atoms with van der Waals surface area (Å²) in [6.45, 7) is 6.67. The molecule has 26 heavy (non-hydrogen) atoms. The number of nitro groups is 1. The van der Waals surface area contributed by atoms with Gasteiger partial charge in [-0.15, -0.1) is 0 Å². The molecule has 0 spiro atoms. The maximum Gasteiger partial charge on any atom is 0.410 e. The van der Waals surface area contributed by atoms with Crippen LogP contribution in [-0.2, 0) is 16.0 Å². The zero-order valence-electron chi connectivity index (χ0n) is 15.0. The first kappa shape index (κ1) is 19.6. The van der Waals surface area contributed by atoms with E-state index in [1.807, 2.05) is 0 Å². The zero-order chi connectivity index (χ0) is 19.5. The van der Waals surface area contributed by atoms with Crippen LogP contribution in [0.25, 0.3) is 0 Å². The number of nitrogens with zero attached hydrogens (tertiary/aromatic N) is 3. The molecule has 8 nitrogen and oxygen atoms in total. The van der Waals surface area contributed by atoms with Crippen LogP contribution in [0.5, 0.6) is 0 Å². The topological polar surface area (TPSA) is 93.0 Å². The number of non-ortho nitro benzene ring substituents is 1. The van der Waals surface area contributed by atoms with Crippen LogP contribution < -0.4 is 0 Å². The Balaban J connectivity index is 1.91. The van der Waals surface area contributed by atoms with Crippen molar-refractivity contribution in [1.82, 2.24) is 9.80 Å². The van der Waals surface area contributed by atoms with Crippen molar-refractivity contribution in [2.45, 2.75) is 32.8 Å². The molecule has 0 saturated carbocycles. The summed E-state index contributed by atoms with van der Waals surface area (Å²) in [5, 5.41) is 10.6. The summed E-state index contributed by atoms with van der Waals surface area (Å²) in [4.78, 5) is 37.4. The van der Waals surface area contributed by atoms with E-state index in [1.54, 1.807) is 25.7 Å². The van der Waals surface area contributed by atoms with Gasteiger partial charge in [-0.2, -0.15) is 0 Å². The van der Waals surface area contributed by atoms with Crippen molar-refractivity contribution in [3.05, 3.63) is 39.7 Å². The molecule has 0 radical (unpaired) electrons. The lowest BCUT2D eigenvalue weighted by Crippen LogP contribution is -2.52. The smallest absolute Gasteiger partial charge is 0.410 e. The Labute approximate surface area is 150 Å². The predicted octanol–water partition coefficient (Wildman–Crippen LogP) is 2.36. The minimum atomic E-state index is -0.778. The fourth-order valence-electron chi connectivity index (χ4n) is 2.53. The molecule has 0 N–H and O–H groups in total. The number of ether oxygens (including phenoxy) is 1. The molecule has 1 aromatic carbocycles. The fourth-order valence-corrected chi connectivity index (χ4v) is 2.53. The first-order chi connectivity index (χ1) is 12.1. The van der Waals surface area contributed by atoms with Crippen LogP contribution in [0.3, 0.4) is 0 Å². The van der Waals surface area contributed by atoms with E-state index in [4.69, 9.17) is 4.74 Å². The summed E-state index contributed by atoms with van der Waals surface area (Å²) in [6.07, 6.45) is -0.609. The van der Waals surface area contributed by atoms with E-state index in [0.717, 1.165) is 6.07 Å². The van der Waals surface area contributed by atoms with Crippen molar-refractivity contribution in [3.8, 4) is 0 Å². The van der Waals surface area contributed by atoms with E-state index < -0.39 is 22.4 Å². The van der Waals surface area contributed by atoms with Crippen molar-refractivity contribution < 1.29 is 23.6 Å². The van der Waals surface area contributed by atoms with Crippen molar-refractivity contribution in [2.75, 3.05) is 26.2 Å². The number of halogens is 1. The molecule has 0 bridgehead atoms. The molecule has 1 aliphatic heterocycles. The van der Waals surface area contributed by atoms with Crippen molar-refractivity contribution >= 4 is 17.7 Å². The van der Waals surface area contributed by atoms with Gasteiger partial charge in [0.1, 0.15) is 11.4 Å². The Morgan fingerprint density at radius 3 is 2.27 bits per heavy atom. The van der Waals surface area contributed by atoms with E-state index in [9.17, 15) is 24.1 Å². The first-order valence-electron chi connectivity index (χ1n) is 8.25. The largest absolute Gasteiger partial charge is 0.444 e. The fraction of sp³-hybridized carbons (Fsp3) is 0.529. The zero-order valence-corrected chi connectivity index (χ0v) is 15.0. The highest BCUT2D eigenvalue weighted by atomic mass is 19.1. The third kappa shape index (κ3) is 5.14. The quantitative estimate of drug-likeness (QED) is 0.604. The van der Waals surface area contributed by atoms with Gasteiger partial charge in [-0.05, 0) is 32.4 Å². The number of carbonyl (C=O) groups excluding carboxylic acids is 2. The third-order valence-electron chi connectivity index (χ3n) is 3.87. The molecule has 2 amide bonds. The summed E-state index contributed by atoms with van der Waals surface area (Å²) in [6, 6.07) is 3.23. The molecular formula is C17H22FN3O5. The maximum atomic E-state index is 13.9. The van der Waals surface area contributed by atoms with Gasteiger partial charge in [0.25, 0.3) is 5.69 Å². The van der Waals surface area contributed by atoms with E-state index in [1.165, 1.54) is 17.0 Å². The first-order valence-corrected chi connectivity index (χ1v) is 8.25. The molecule has 9 heteroatoms. The minimum Gasteiger partial charge on any atom is -0.444 e. The highest BCUT2D eigenvalue weighted by Gasteiger charge is 2.28. The number of benzene rings is 1. The maximum absolute atomic E-state index is 13.9. The number of rotatable bonds is 3. The Morgan fingerprint density at radius 2 is 1.77 bits per heavy atom. The van der Waals surface area contributed by atoms with Gasteiger partial charge < -0.3 is 14.5 Å². The normalized spacial score (nSPS) is 14.9. The van der Waals surface area contributed by atoms with E-state index in [0.29, 0.717) is 26.2 Å². The van der Waals surface area contributed by atoms with Gasteiger partial charge >= 0.3 is 6.09 Å². The Morgan fingerprint density at radius 1 is 1.19 bits per heavy atom. The van der Waals surface area contributed by atoms with Crippen LogP contribution in [0.4, 0.5) is 14.9 Å². The Bertz CT molecular complexity index is 709. The molecule has 1 aliphatic rings. The SMILES string of the molecule is CC(C)(C)OC(=O)N1CCN(C(=O)Cc2ccc([N+](=O)[O-])cc2F)CC1. The lowest BCUT2D eigenvalue weighted by Gasteiger charge is -2.35. The monoisotopic (exact) mass is 367 g/mol. The van der Waals surface area contributed by atoms with Gasteiger partial charge in [-0.25, -0.2) is 9.18 Å². The van der Waals surface area contributed by atoms with Crippen LogP contribution in [0.2, 0.25) is 0 Å². The van der Waals surface area contributed by atoms with E-state index >= 15 is 0 Å².